The molecular weight excluding hydrogens is 258 g/mol. The zero-order chi connectivity index (χ0) is 20.9. The predicted octanol–water partition coefficient (Wildman–Crippen LogP) is 2.68. The van der Waals surface area contributed by atoms with Crippen LogP contribution in [0.3, 0.4) is 0 Å². The zero-order valence-corrected chi connectivity index (χ0v) is 11.9. The van der Waals surface area contributed by atoms with E-state index in [4.69, 9.17) is 11.0 Å². The normalized spacial score (nSPS) is 29.1. The number of rotatable bonds is 4. The second-order valence-corrected chi connectivity index (χ2v) is 6.61. The van der Waals surface area contributed by atoms with Crippen molar-refractivity contribution in [3.8, 4) is 0 Å². The van der Waals surface area contributed by atoms with Crippen molar-refractivity contribution in [3.63, 3.8) is 0 Å². The second-order valence-electron chi connectivity index (χ2n) is 4.66. The van der Waals surface area contributed by atoms with Gasteiger partial charge in [0, 0.05) is 18.3 Å². The van der Waals surface area contributed by atoms with E-state index in [1.165, 1.54) is 4.90 Å². The first-order valence-corrected chi connectivity index (χ1v) is 8.05. The number of sulfone groups is 1. The fourth-order valence-electron chi connectivity index (χ4n) is 2.20. The number of hydrogen-bond acceptors (Lipinski definition) is 3. The molecular formula is C15H23NO2S. The van der Waals surface area contributed by atoms with Crippen LogP contribution in [0.2, 0.25) is 0 Å². The number of nitrogens with zero attached hydrogens (tertiary/aromatic N) is 1. The highest BCUT2D eigenvalue weighted by atomic mass is 32.2. The predicted molar refractivity (Wildman–Crippen MR) is 78.3 cm³/mol. The van der Waals surface area contributed by atoms with Crippen LogP contribution in [0.15, 0.2) is 29.1 Å². The first kappa shape index (κ1) is 7.23. The molecule has 0 radical (unpaired) electrons. The van der Waals surface area contributed by atoms with Crippen molar-refractivity contribution in [2.24, 2.45) is 0 Å². The van der Waals surface area contributed by atoms with E-state index in [0.29, 0.717) is 19.4 Å². The lowest BCUT2D eigenvalue weighted by molar-refractivity contribution is 0.208. The molecule has 1 saturated heterocycles. The molecule has 0 N–H and O–H groups in total. The molecule has 1 atom stereocenters. The van der Waals surface area contributed by atoms with Gasteiger partial charge in [0.15, 0.2) is 9.84 Å². The van der Waals surface area contributed by atoms with E-state index >= 15 is 0 Å². The summed E-state index contributed by atoms with van der Waals surface area (Å²) in [6.45, 7) is -0.852. The Morgan fingerprint density at radius 2 is 2.32 bits per heavy atom. The lowest BCUT2D eigenvalue weighted by atomic mass is 9.90. The number of likely N-dealkylation sites (tertiary alicyclic amines) is 1. The third kappa shape index (κ3) is 3.80. The van der Waals surface area contributed by atoms with Crippen molar-refractivity contribution in [1.82, 2.24) is 4.90 Å². The van der Waals surface area contributed by atoms with Crippen molar-refractivity contribution < 1.29 is 19.4 Å². The van der Waals surface area contributed by atoms with Gasteiger partial charge in [-0.15, -0.1) is 0 Å². The maximum Gasteiger partial charge on any atom is 0.175 e. The summed E-state index contributed by atoms with van der Waals surface area (Å²) in [5.74, 6) is -0.596. The van der Waals surface area contributed by atoms with E-state index in [2.05, 4.69) is 0 Å². The molecule has 0 spiro atoms. The highest BCUT2D eigenvalue weighted by Crippen LogP contribution is 2.28. The molecule has 4 heteroatoms. The molecule has 0 aliphatic carbocycles. The Kier molecular flexibility index (Phi) is 2.30. The summed E-state index contributed by atoms with van der Waals surface area (Å²) in [7, 11) is -3.96. The molecule has 0 amide bonds. The monoisotopic (exact) mass is 289 g/mol. The molecule has 1 heterocycles. The molecule has 0 bridgehead atoms. The summed E-state index contributed by atoms with van der Waals surface area (Å²) < 4.78 is 87.9. The molecule has 0 aromatic heterocycles. The highest BCUT2D eigenvalue weighted by Gasteiger charge is 2.21. The van der Waals surface area contributed by atoms with E-state index in [-0.39, 0.29) is 12.1 Å². The van der Waals surface area contributed by atoms with Crippen LogP contribution in [0, 0.1) is 0 Å². The van der Waals surface area contributed by atoms with E-state index in [1.54, 1.807) is 0 Å². The van der Waals surface area contributed by atoms with E-state index in [9.17, 15) is 8.42 Å². The second kappa shape index (κ2) is 6.06. The van der Waals surface area contributed by atoms with Crippen LogP contribution in [0.25, 0.3) is 0 Å². The standard InChI is InChI=1S/C15H23NO2S/c1-3-9-16-10-5-7-14(12-16)13-6-4-8-15(11-13)19(2,17)18/h4,6,8,11,14H,3,5,7,9-10,12H2,1-2H3/i3D2,4D,6D,8D,9D2,11D. The molecule has 1 unspecified atom stereocenters. The SMILES string of the molecule is [2H]c1c([2H])c(C2CCCN(C([2H])([2H])C([2H])([2H])C)C2)c([2H])c(S(C)(=O)=O)c1[2H]. The Hall–Kier alpha value is -0.870. The van der Waals surface area contributed by atoms with Crippen LogP contribution in [-0.2, 0) is 9.84 Å². The summed E-state index contributed by atoms with van der Waals surface area (Å²) >= 11 is 0. The van der Waals surface area contributed by atoms with Crippen molar-refractivity contribution in [1.29, 1.82) is 0 Å². The van der Waals surface area contributed by atoms with Crippen LogP contribution < -0.4 is 0 Å². The summed E-state index contributed by atoms with van der Waals surface area (Å²) in [5, 5.41) is 0. The maximum absolute atomic E-state index is 12.0. The minimum Gasteiger partial charge on any atom is -0.303 e. The van der Waals surface area contributed by atoms with Crippen molar-refractivity contribution in [2.45, 2.75) is 37.0 Å². The average molecular weight is 289 g/mol. The van der Waals surface area contributed by atoms with Crippen molar-refractivity contribution >= 4 is 9.84 Å². The van der Waals surface area contributed by atoms with Gasteiger partial charge in [-0.1, -0.05) is 19.0 Å². The average Bonchev–Trinajstić information content (AvgIpc) is 2.51. The Bertz CT molecular complexity index is 851. The van der Waals surface area contributed by atoms with Crippen LogP contribution in [0.4, 0.5) is 0 Å². The van der Waals surface area contributed by atoms with Gasteiger partial charge in [-0.3, -0.25) is 0 Å². The van der Waals surface area contributed by atoms with Gasteiger partial charge in [0.25, 0.3) is 0 Å². The van der Waals surface area contributed by atoms with E-state index in [0.717, 1.165) is 13.2 Å². The molecule has 1 aromatic rings. The summed E-state index contributed by atoms with van der Waals surface area (Å²) in [4.78, 5) is 0.711. The van der Waals surface area contributed by atoms with Gasteiger partial charge in [0.1, 0.15) is 0 Å². The molecule has 1 aromatic carbocycles. The minimum atomic E-state index is -3.96. The molecule has 106 valence electrons. The number of hydrogen-bond donors (Lipinski definition) is 0. The van der Waals surface area contributed by atoms with Crippen LogP contribution in [0.5, 0.6) is 0 Å². The summed E-state index contributed by atoms with van der Waals surface area (Å²) in [5.41, 5.74) is 0.00795. The number of benzene rings is 1. The summed E-state index contributed by atoms with van der Waals surface area (Å²) in [6, 6.07) is -2.14. The Labute approximate surface area is 127 Å². The summed E-state index contributed by atoms with van der Waals surface area (Å²) in [6.07, 6.45) is -0.366. The first-order chi connectivity index (χ1) is 12.1. The van der Waals surface area contributed by atoms with Crippen LogP contribution in [-0.4, -0.2) is 39.2 Å². The van der Waals surface area contributed by atoms with E-state index in [1.807, 2.05) is 0 Å². The molecule has 1 fully saturated rings. The molecule has 1 aliphatic heterocycles. The van der Waals surface area contributed by atoms with Crippen molar-refractivity contribution in [2.75, 3.05) is 25.8 Å². The third-order valence-corrected chi connectivity index (χ3v) is 4.04. The number of piperidine rings is 1. The lowest BCUT2D eigenvalue weighted by Gasteiger charge is -2.32. The molecule has 0 saturated carbocycles. The van der Waals surface area contributed by atoms with Gasteiger partial charge in [0.05, 0.1) is 10.4 Å². The van der Waals surface area contributed by atoms with Crippen LogP contribution >= 0.6 is 0 Å². The lowest BCUT2D eigenvalue weighted by Crippen LogP contribution is -2.34. The maximum atomic E-state index is 12.0. The van der Waals surface area contributed by atoms with Gasteiger partial charge in [-0.25, -0.2) is 8.42 Å². The third-order valence-electron chi connectivity index (χ3n) is 3.09. The molecule has 2 rings (SSSR count). The minimum absolute atomic E-state index is 0.00189. The quantitative estimate of drug-likeness (QED) is 0.855. The smallest absolute Gasteiger partial charge is 0.175 e. The van der Waals surface area contributed by atoms with Gasteiger partial charge in [0.2, 0.25) is 0 Å². The van der Waals surface area contributed by atoms with Gasteiger partial charge in [-0.2, -0.15) is 0 Å². The topological polar surface area (TPSA) is 37.4 Å². The fraction of sp³-hybridized carbons (Fsp3) is 0.600. The Balaban J connectivity index is 2.57. The molecule has 19 heavy (non-hydrogen) atoms. The van der Waals surface area contributed by atoms with Gasteiger partial charge in [-0.05, 0) is 55.8 Å². The highest BCUT2D eigenvalue weighted by molar-refractivity contribution is 7.90. The Morgan fingerprint density at radius 1 is 1.53 bits per heavy atom. The first-order valence-electron chi connectivity index (χ1n) is 10.2. The zero-order valence-electron chi connectivity index (χ0n) is 19.1. The van der Waals surface area contributed by atoms with Gasteiger partial charge < -0.3 is 4.90 Å². The van der Waals surface area contributed by atoms with Crippen LogP contribution in [0.1, 0.15) is 48.6 Å². The molecule has 1 aliphatic rings. The Morgan fingerprint density at radius 3 is 3.00 bits per heavy atom. The fourth-order valence-corrected chi connectivity index (χ4v) is 2.73. The van der Waals surface area contributed by atoms with Crippen molar-refractivity contribution in [3.05, 3.63) is 29.7 Å². The molecule has 3 nitrogen and oxygen atoms in total. The van der Waals surface area contributed by atoms with Gasteiger partial charge >= 0.3 is 0 Å². The van der Waals surface area contributed by atoms with E-state index < -0.39 is 57.7 Å². The largest absolute Gasteiger partial charge is 0.303 e.